The van der Waals surface area contributed by atoms with Crippen molar-refractivity contribution >= 4 is 34.9 Å². The predicted molar refractivity (Wildman–Crippen MR) is 97.9 cm³/mol. The molecular formula is C17H20Cl2N4O. The maximum absolute atomic E-state index is 12.1. The number of amides is 1. The second-order valence-electron chi connectivity index (χ2n) is 6.41. The third-order valence-electron chi connectivity index (χ3n) is 3.10. The summed E-state index contributed by atoms with van der Waals surface area (Å²) in [5.74, 6) is 0.364. The summed E-state index contributed by atoms with van der Waals surface area (Å²) in [6.07, 6.45) is 2.08. The Morgan fingerprint density at radius 3 is 2.58 bits per heavy atom. The molecule has 7 heteroatoms. The zero-order valence-corrected chi connectivity index (χ0v) is 15.4. The second-order valence-corrected chi connectivity index (χ2v) is 7.25. The van der Waals surface area contributed by atoms with E-state index in [2.05, 4.69) is 20.6 Å². The van der Waals surface area contributed by atoms with Gasteiger partial charge in [-0.3, -0.25) is 4.79 Å². The molecule has 0 aliphatic carbocycles. The molecule has 0 fully saturated rings. The molecule has 0 unspecified atom stereocenters. The minimum atomic E-state index is -0.318. The molecule has 0 spiro atoms. The van der Waals surface area contributed by atoms with E-state index in [4.69, 9.17) is 23.2 Å². The standard InChI is InChI=1S/C17H20Cl2N4O/c1-17(2,3)23-16(24)14-9-15(22-10-21-14)20-7-6-11-4-5-12(18)8-13(11)19/h4-5,8-10H,6-7H2,1-3H3,(H,23,24)(H,20,21,22). The first kappa shape index (κ1) is 18.5. The summed E-state index contributed by atoms with van der Waals surface area (Å²) in [5, 5.41) is 7.29. The molecule has 128 valence electrons. The Bertz CT molecular complexity index is 729. The Balaban J connectivity index is 1.96. The Kier molecular flexibility index (Phi) is 6.02. The molecule has 0 bridgehead atoms. The van der Waals surface area contributed by atoms with Crippen molar-refractivity contribution in [2.45, 2.75) is 32.7 Å². The van der Waals surface area contributed by atoms with Crippen LogP contribution in [0.5, 0.6) is 0 Å². The van der Waals surface area contributed by atoms with Crippen LogP contribution in [0.1, 0.15) is 36.8 Å². The van der Waals surface area contributed by atoms with Crippen LogP contribution < -0.4 is 10.6 Å². The molecule has 0 aliphatic heterocycles. The largest absolute Gasteiger partial charge is 0.370 e. The first-order valence-corrected chi connectivity index (χ1v) is 8.32. The summed E-state index contributed by atoms with van der Waals surface area (Å²) in [5.41, 5.74) is 1.00. The lowest BCUT2D eigenvalue weighted by Gasteiger charge is -2.20. The van der Waals surface area contributed by atoms with Crippen molar-refractivity contribution in [2.24, 2.45) is 0 Å². The highest BCUT2D eigenvalue weighted by Gasteiger charge is 2.16. The molecular weight excluding hydrogens is 347 g/mol. The monoisotopic (exact) mass is 366 g/mol. The summed E-state index contributed by atoms with van der Waals surface area (Å²) in [7, 11) is 0. The second kappa shape index (κ2) is 7.81. The topological polar surface area (TPSA) is 66.9 Å². The number of aromatic nitrogens is 2. The van der Waals surface area contributed by atoms with Gasteiger partial charge in [-0.2, -0.15) is 0 Å². The highest BCUT2D eigenvalue weighted by Crippen LogP contribution is 2.21. The number of benzene rings is 1. The fourth-order valence-electron chi connectivity index (χ4n) is 2.03. The summed E-state index contributed by atoms with van der Waals surface area (Å²) >= 11 is 12.0. The van der Waals surface area contributed by atoms with Gasteiger partial charge in [-0.05, 0) is 44.9 Å². The van der Waals surface area contributed by atoms with E-state index in [1.165, 1.54) is 6.33 Å². The van der Waals surface area contributed by atoms with Crippen LogP contribution in [0, 0.1) is 0 Å². The van der Waals surface area contributed by atoms with Gasteiger partial charge in [-0.1, -0.05) is 29.3 Å². The molecule has 0 aliphatic rings. The van der Waals surface area contributed by atoms with E-state index in [-0.39, 0.29) is 11.4 Å². The van der Waals surface area contributed by atoms with Crippen molar-refractivity contribution in [1.82, 2.24) is 15.3 Å². The molecule has 1 heterocycles. The molecule has 24 heavy (non-hydrogen) atoms. The van der Waals surface area contributed by atoms with Crippen molar-refractivity contribution in [3.8, 4) is 0 Å². The van der Waals surface area contributed by atoms with E-state index in [1.54, 1.807) is 12.1 Å². The van der Waals surface area contributed by atoms with Crippen molar-refractivity contribution < 1.29 is 4.79 Å². The maximum atomic E-state index is 12.1. The van der Waals surface area contributed by atoms with Crippen LogP contribution in [-0.2, 0) is 6.42 Å². The SMILES string of the molecule is CC(C)(C)NC(=O)c1cc(NCCc2ccc(Cl)cc2Cl)ncn1. The molecule has 5 nitrogen and oxygen atoms in total. The number of nitrogens with zero attached hydrogens (tertiary/aromatic N) is 2. The molecule has 2 aromatic rings. The molecule has 1 amide bonds. The predicted octanol–water partition coefficient (Wildman–Crippen LogP) is 3.97. The summed E-state index contributed by atoms with van der Waals surface area (Å²) in [6.45, 7) is 6.38. The molecule has 1 aromatic heterocycles. The van der Waals surface area contributed by atoms with Crippen molar-refractivity contribution in [3.05, 3.63) is 51.9 Å². The Morgan fingerprint density at radius 2 is 1.92 bits per heavy atom. The molecule has 2 rings (SSSR count). The van der Waals surface area contributed by atoms with Crippen LogP contribution in [0.25, 0.3) is 0 Å². The average Bonchev–Trinajstić information content (AvgIpc) is 2.48. The van der Waals surface area contributed by atoms with E-state index in [9.17, 15) is 4.79 Å². The number of anilines is 1. The number of halogens is 2. The van der Waals surface area contributed by atoms with Gasteiger partial charge in [0.05, 0.1) is 0 Å². The third-order valence-corrected chi connectivity index (χ3v) is 3.69. The van der Waals surface area contributed by atoms with Gasteiger partial charge in [0, 0.05) is 28.2 Å². The smallest absolute Gasteiger partial charge is 0.270 e. The molecule has 2 N–H and O–H groups in total. The number of hydrogen-bond acceptors (Lipinski definition) is 4. The van der Waals surface area contributed by atoms with Gasteiger partial charge in [0.1, 0.15) is 17.8 Å². The van der Waals surface area contributed by atoms with Crippen LogP contribution in [-0.4, -0.2) is 28.0 Å². The number of carbonyl (C=O) groups is 1. The van der Waals surface area contributed by atoms with Gasteiger partial charge in [-0.25, -0.2) is 9.97 Å². The van der Waals surface area contributed by atoms with E-state index in [0.29, 0.717) is 34.5 Å². The zero-order valence-electron chi connectivity index (χ0n) is 13.9. The lowest BCUT2D eigenvalue weighted by atomic mass is 10.1. The van der Waals surface area contributed by atoms with Crippen LogP contribution in [0.3, 0.4) is 0 Å². The zero-order chi connectivity index (χ0) is 17.7. The number of rotatable bonds is 5. The number of carbonyl (C=O) groups excluding carboxylic acids is 1. The number of nitrogens with one attached hydrogen (secondary N) is 2. The van der Waals surface area contributed by atoms with Crippen LogP contribution >= 0.6 is 23.2 Å². The average molecular weight is 367 g/mol. The van der Waals surface area contributed by atoms with Gasteiger partial charge in [-0.15, -0.1) is 0 Å². The molecule has 0 atom stereocenters. The first-order valence-electron chi connectivity index (χ1n) is 7.57. The highest BCUT2D eigenvalue weighted by atomic mass is 35.5. The van der Waals surface area contributed by atoms with E-state index in [0.717, 1.165) is 5.56 Å². The lowest BCUT2D eigenvalue weighted by Crippen LogP contribution is -2.41. The normalized spacial score (nSPS) is 11.2. The minimum Gasteiger partial charge on any atom is -0.370 e. The molecule has 0 radical (unpaired) electrons. The third kappa shape index (κ3) is 5.65. The summed E-state index contributed by atoms with van der Waals surface area (Å²) < 4.78 is 0. The maximum Gasteiger partial charge on any atom is 0.270 e. The van der Waals surface area contributed by atoms with Gasteiger partial charge in [0.2, 0.25) is 0 Å². The first-order chi connectivity index (χ1) is 11.2. The highest BCUT2D eigenvalue weighted by molar-refractivity contribution is 6.35. The summed E-state index contributed by atoms with van der Waals surface area (Å²) in [4.78, 5) is 20.3. The van der Waals surface area contributed by atoms with E-state index < -0.39 is 0 Å². The summed E-state index contributed by atoms with van der Waals surface area (Å²) in [6, 6.07) is 7.06. The van der Waals surface area contributed by atoms with Gasteiger partial charge in [0.15, 0.2) is 0 Å². The molecule has 0 saturated heterocycles. The van der Waals surface area contributed by atoms with Gasteiger partial charge < -0.3 is 10.6 Å². The van der Waals surface area contributed by atoms with E-state index >= 15 is 0 Å². The Morgan fingerprint density at radius 1 is 1.17 bits per heavy atom. The van der Waals surface area contributed by atoms with Gasteiger partial charge in [0.25, 0.3) is 5.91 Å². The van der Waals surface area contributed by atoms with Crippen molar-refractivity contribution in [3.63, 3.8) is 0 Å². The van der Waals surface area contributed by atoms with Crippen molar-refractivity contribution in [1.29, 1.82) is 0 Å². The van der Waals surface area contributed by atoms with Crippen LogP contribution in [0.15, 0.2) is 30.6 Å². The van der Waals surface area contributed by atoms with Crippen LogP contribution in [0.2, 0.25) is 10.0 Å². The minimum absolute atomic E-state index is 0.228. The Labute approximate surface area is 151 Å². The molecule has 0 saturated carbocycles. The quantitative estimate of drug-likeness (QED) is 0.839. The Hall–Kier alpha value is -1.85. The lowest BCUT2D eigenvalue weighted by molar-refractivity contribution is 0.0914. The fraction of sp³-hybridized carbons (Fsp3) is 0.353. The number of hydrogen-bond donors (Lipinski definition) is 2. The van der Waals surface area contributed by atoms with Crippen LogP contribution in [0.4, 0.5) is 5.82 Å². The van der Waals surface area contributed by atoms with Crippen molar-refractivity contribution in [2.75, 3.05) is 11.9 Å². The molecule has 1 aromatic carbocycles. The van der Waals surface area contributed by atoms with Gasteiger partial charge >= 0.3 is 0 Å². The van der Waals surface area contributed by atoms with E-state index in [1.807, 2.05) is 32.9 Å². The fourth-order valence-corrected chi connectivity index (χ4v) is 2.54.